The molecular formula is C18H16N4OS2. The molecule has 1 aliphatic heterocycles. The first-order chi connectivity index (χ1) is 12.2. The van der Waals surface area contributed by atoms with Crippen molar-refractivity contribution >= 4 is 41.0 Å². The van der Waals surface area contributed by atoms with Crippen molar-refractivity contribution in [3.05, 3.63) is 68.8 Å². The Morgan fingerprint density at radius 3 is 3.04 bits per heavy atom. The van der Waals surface area contributed by atoms with Crippen LogP contribution in [-0.2, 0) is 13.0 Å². The maximum absolute atomic E-state index is 12.3. The van der Waals surface area contributed by atoms with Crippen LogP contribution in [-0.4, -0.2) is 22.4 Å². The van der Waals surface area contributed by atoms with E-state index in [4.69, 9.17) is 12.2 Å². The second kappa shape index (κ2) is 6.78. The number of thiophene rings is 1. The lowest BCUT2D eigenvalue weighted by atomic mass is 10.1. The molecule has 0 bridgehead atoms. The van der Waals surface area contributed by atoms with Gasteiger partial charge in [0, 0.05) is 24.2 Å². The highest BCUT2D eigenvalue weighted by Crippen LogP contribution is 2.27. The van der Waals surface area contributed by atoms with E-state index >= 15 is 0 Å². The third kappa shape index (κ3) is 3.33. The molecule has 1 amide bonds. The molecule has 4 rings (SSSR count). The summed E-state index contributed by atoms with van der Waals surface area (Å²) in [4.78, 5) is 23.4. The lowest BCUT2D eigenvalue weighted by Crippen LogP contribution is -2.30. The van der Waals surface area contributed by atoms with Crippen LogP contribution in [0.5, 0.6) is 0 Å². The van der Waals surface area contributed by atoms with Crippen LogP contribution in [0, 0.1) is 4.64 Å². The third-order valence-electron chi connectivity index (χ3n) is 4.20. The molecule has 0 spiro atoms. The summed E-state index contributed by atoms with van der Waals surface area (Å²) in [7, 11) is 0. The van der Waals surface area contributed by atoms with Crippen LogP contribution >= 0.6 is 23.6 Å². The number of nitrogens with zero attached hydrogens (tertiary/aromatic N) is 2. The second-order valence-electron chi connectivity index (χ2n) is 5.81. The second-order valence-corrected chi connectivity index (χ2v) is 7.22. The lowest BCUT2D eigenvalue weighted by molar-refractivity contribution is 0.102. The summed E-state index contributed by atoms with van der Waals surface area (Å²) in [5.74, 6) is 0.684. The number of hydrogen-bond donors (Lipinski definition) is 2. The molecule has 0 atom stereocenters. The van der Waals surface area contributed by atoms with Gasteiger partial charge in [0.1, 0.15) is 10.5 Å². The largest absolute Gasteiger partial charge is 0.352 e. The monoisotopic (exact) mass is 368 g/mol. The van der Waals surface area contributed by atoms with Crippen molar-refractivity contribution in [1.82, 2.24) is 9.97 Å². The zero-order chi connectivity index (χ0) is 17.2. The Balaban J connectivity index is 1.47. The maximum Gasteiger partial charge on any atom is 0.258 e. The molecule has 0 aromatic carbocycles. The number of rotatable bonds is 3. The first kappa shape index (κ1) is 16.0. The molecule has 0 saturated carbocycles. The van der Waals surface area contributed by atoms with Crippen LogP contribution in [0.2, 0.25) is 0 Å². The summed E-state index contributed by atoms with van der Waals surface area (Å²) in [5.41, 5.74) is 2.48. The van der Waals surface area contributed by atoms with E-state index in [0.29, 0.717) is 15.9 Å². The van der Waals surface area contributed by atoms with E-state index in [-0.39, 0.29) is 5.91 Å². The molecule has 0 fully saturated rings. The normalized spacial score (nSPS) is 13.4. The summed E-state index contributed by atoms with van der Waals surface area (Å²) in [6.45, 7) is 1.85. The molecule has 7 heteroatoms. The van der Waals surface area contributed by atoms with Crippen molar-refractivity contribution in [2.45, 2.75) is 13.0 Å². The smallest absolute Gasteiger partial charge is 0.258 e. The number of aromatic nitrogens is 2. The van der Waals surface area contributed by atoms with Crippen LogP contribution < -0.4 is 10.2 Å². The Morgan fingerprint density at radius 1 is 1.32 bits per heavy atom. The van der Waals surface area contributed by atoms with E-state index in [9.17, 15) is 4.79 Å². The quantitative estimate of drug-likeness (QED) is 0.686. The number of carbonyl (C=O) groups is 1. The molecule has 3 aromatic heterocycles. The van der Waals surface area contributed by atoms with E-state index in [1.165, 1.54) is 10.4 Å². The van der Waals surface area contributed by atoms with Crippen molar-refractivity contribution in [2.75, 3.05) is 16.8 Å². The van der Waals surface area contributed by atoms with E-state index in [2.05, 4.69) is 31.6 Å². The molecule has 2 N–H and O–H groups in total. The summed E-state index contributed by atoms with van der Waals surface area (Å²) in [5, 5.41) is 4.98. The molecular weight excluding hydrogens is 352 g/mol. The summed E-state index contributed by atoms with van der Waals surface area (Å²) >= 11 is 6.96. The first-order valence-electron chi connectivity index (χ1n) is 7.96. The van der Waals surface area contributed by atoms with Gasteiger partial charge < -0.3 is 15.2 Å². The number of nitrogens with one attached hydrogen (secondary N) is 2. The first-order valence-corrected chi connectivity index (χ1v) is 9.25. The van der Waals surface area contributed by atoms with Crippen molar-refractivity contribution in [2.24, 2.45) is 0 Å². The van der Waals surface area contributed by atoms with Gasteiger partial charge in [0.2, 0.25) is 0 Å². The number of H-pyrrole nitrogens is 1. The van der Waals surface area contributed by atoms with Gasteiger partial charge in [-0.05, 0) is 47.7 Å². The van der Waals surface area contributed by atoms with Gasteiger partial charge in [0.25, 0.3) is 5.91 Å². The summed E-state index contributed by atoms with van der Waals surface area (Å²) in [6, 6.07) is 9.45. The van der Waals surface area contributed by atoms with Crippen LogP contribution in [0.15, 0.2) is 48.1 Å². The minimum atomic E-state index is -0.239. The molecule has 25 heavy (non-hydrogen) atoms. The third-order valence-corrected chi connectivity index (χ3v) is 5.56. The number of carbonyl (C=O) groups excluding carboxylic acids is 1. The van der Waals surface area contributed by atoms with Gasteiger partial charge >= 0.3 is 0 Å². The zero-order valence-corrected chi connectivity index (χ0v) is 15.0. The molecule has 4 heterocycles. The number of anilines is 2. The minimum absolute atomic E-state index is 0.239. The molecule has 126 valence electrons. The average Bonchev–Trinajstić information content (AvgIpc) is 3.10. The Hall–Kier alpha value is -2.51. The van der Waals surface area contributed by atoms with Gasteiger partial charge in [-0.3, -0.25) is 4.79 Å². The molecule has 3 aromatic rings. The molecule has 0 unspecified atom stereocenters. The highest BCUT2D eigenvalue weighted by Gasteiger charge is 2.18. The maximum atomic E-state index is 12.3. The lowest BCUT2D eigenvalue weighted by Gasteiger charge is -2.28. The predicted octanol–water partition coefficient (Wildman–Crippen LogP) is 4.02. The number of fused-ring (bicyclic) bond motifs is 1. The summed E-state index contributed by atoms with van der Waals surface area (Å²) < 4.78 is 0.421. The van der Waals surface area contributed by atoms with E-state index in [0.717, 1.165) is 25.3 Å². The van der Waals surface area contributed by atoms with E-state index in [1.54, 1.807) is 24.5 Å². The number of pyridine rings is 2. The summed E-state index contributed by atoms with van der Waals surface area (Å²) in [6.07, 6.45) is 4.44. The van der Waals surface area contributed by atoms with E-state index < -0.39 is 0 Å². The Morgan fingerprint density at radius 2 is 2.24 bits per heavy atom. The standard InChI is InChI=1S/C18H16N4OS2/c23-17(14-2-1-7-19-18(14)24)21-13-3-4-16(20-10-13)22-8-5-15-12(11-22)6-9-25-15/h1-4,6-7,9-10H,5,8,11H2,(H,19,24)(H,21,23). The van der Waals surface area contributed by atoms with Gasteiger partial charge in [0.15, 0.2) is 0 Å². The minimum Gasteiger partial charge on any atom is -0.352 e. The van der Waals surface area contributed by atoms with Gasteiger partial charge in [-0.25, -0.2) is 4.98 Å². The van der Waals surface area contributed by atoms with E-state index in [1.807, 2.05) is 23.5 Å². The van der Waals surface area contributed by atoms with Crippen LogP contribution in [0.25, 0.3) is 0 Å². The fourth-order valence-electron chi connectivity index (χ4n) is 2.89. The van der Waals surface area contributed by atoms with Crippen molar-refractivity contribution in [3.63, 3.8) is 0 Å². The highest BCUT2D eigenvalue weighted by molar-refractivity contribution is 7.71. The van der Waals surface area contributed by atoms with Gasteiger partial charge in [-0.1, -0.05) is 12.2 Å². The fourth-order valence-corrected chi connectivity index (χ4v) is 4.01. The highest BCUT2D eigenvalue weighted by atomic mass is 32.1. The number of aromatic amines is 1. The van der Waals surface area contributed by atoms with Crippen molar-refractivity contribution in [3.8, 4) is 0 Å². The molecule has 0 saturated heterocycles. The fraction of sp³-hybridized carbons (Fsp3) is 0.167. The van der Waals surface area contributed by atoms with Crippen LogP contribution in [0.1, 0.15) is 20.8 Å². The van der Waals surface area contributed by atoms with Crippen molar-refractivity contribution < 1.29 is 4.79 Å². The molecule has 1 aliphatic rings. The van der Waals surface area contributed by atoms with Gasteiger partial charge in [-0.2, -0.15) is 0 Å². The van der Waals surface area contributed by atoms with Crippen LogP contribution in [0.3, 0.4) is 0 Å². The number of amides is 1. The Labute approximate surface area is 154 Å². The zero-order valence-electron chi connectivity index (χ0n) is 13.4. The molecule has 0 aliphatic carbocycles. The molecule has 0 radical (unpaired) electrons. The number of hydrogen-bond acceptors (Lipinski definition) is 5. The Kier molecular flexibility index (Phi) is 4.33. The van der Waals surface area contributed by atoms with Crippen LogP contribution in [0.4, 0.5) is 11.5 Å². The SMILES string of the molecule is O=C(Nc1ccc(N2CCc3sccc3C2)nc1)c1ccc[nH]c1=S. The average molecular weight is 368 g/mol. The Bertz CT molecular complexity index is 961. The van der Waals surface area contributed by atoms with Crippen molar-refractivity contribution in [1.29, 1.82) is 0 Å². The van der Waals surface area contributed by atoms with Gasteiger partial charge in [0.05, 0.1) is 17.4 Å². The predicted molar refractivity (Wildman–Crippen MR) is 103 cm³/mol. The van der Waals surface area contributed by atoms with Gasteiger partial charge in [-0.15, -0.1) is 11.3 Å². The molecule has 5 nitrogen and oxygen atoms in total. The topological polar surface area (TPSA) is 61.0 Å².